The first kappa shape index (κ1) is 12.7. The lowest BCUT2D eigenvalue weighted by Crippen LogP contribution is -2.25. The van der Waals surface area contributed by atoms with Crippen molar-refractivity contribution in [3.63, 3.8) is 0 Å². The van der Waals surface area contributed by atoms with Gasteiger partial charge in [0.05, 0.1) is 30.0 Å². The molecule has 1 amide bonds. The highest BCUT2D eigenvalue weighted by molar-refractivity contribution is 6.01. The number of nitrogens with zero attached hydrogens (tertiary/aromatic N) is 2. The summed E-state index contributed by atoms with van der Waals surface area (Å²) in [4.78, 5) is 24.2. The van der Waals surface area contributed by atoms with E-state index in [1.54, 1.807) is 19.2 Å². The predicted molar refractivity (Wildman–Crippen MR) is 61.6 cm³/mol. The number of rotatable bonds is 2. The average Bonchev–Trinajstić information content (AvgIpc) is 2.35. The number of amides is 1. The Morgan fingerprint density at radius 1 is 1.41 bits per heavy atom. The monoisotopic (exact) mass is 232 g/mol. The van der Waals surface area contributed by atoms with Gasteiger partial charge in [-0.1, -0.05) is 0 Å². The molecule has 0 saturated carbocycles. The number of methoxy groups -OCH3 is 1. The second-order valence-corrected chi connectivity index (χ2v) is 3.41. The number of hydrogen-bond donors (Lipinski definition) is 0. The van der Waals surface area contributed by atoms with Gasteiger partial charge in [0.15, 0.2) is 0 Å². The zero-order chi connectivity index (χ0) is 13.0. The van der Waals surface area contributed by atoms with E-state index >= 15 is 0 Å². The number of ether oxygens (including phenoxy) is 1. The third-order valence-electron chi connectivity index (χ3n) is 2.36. The topological polar surface area (TPSA) is 70.4 Å². The van der Waals surface area contributed by atoms with Crippen LogP contribution in [-0.2, 0) is 9.53 Å². The van der Waals surface area contributed by atoms with Crippen molar-refractivity contribution < 1.29 is 14.3 Å². The molecule has 0 unspecified atom stereocenters. The lowest BCUT2D eigenvalue weighted by atomic mass is 10.1. The molecular formula is C12H12N2O3. The molecule has 0 radical (unpaired) electrons. The maximum absolute atomic E-state index is 11.6. The molecule has 1 aromatic carbocycles. The quantitative estimate of drug-likeness (QED) is 0.721. The molecule has 5 heteroatoms. The van der Waals surface area contributed by atoms with Crippen LogP contribution in [0.2, 0.25) is 0 Å². The average molecular weight is 232 g/mol. The van der Waals surface area contributed by atoms with Gasteiger partial charge in [0, 0.05) is 14.0 Å². The van der Waals surface area contributed by atoms with Gasteiger partial charge in [-0.2, -0.15) is 5.26 Å². The number of benzene rings is 1. The van der Waals surface area contributed by atoms with E-state index in [0.717, 1.165) is 0 Å². The molecule has 0 N–H and O–H groups in total. The Kier molecular flexibility index (Phi) is 3.83. The third kappa shape index (κ3) is 2.61. The predicted octanol–water partition coefficient (Wildman–Crippen LogP) is 1.33. The van der Waals surface area contributed by atoms with Crippen LogP contribution in [0, 0.1) is 11.3 Å². The molecule has 0 bridgehead atoms. The molecule has 88 valence electrons. The number of esters is 1. The van der Waals surface area contributed by atoms with Gasteiger partial charge in [-0.25, -0.2) is 4.79 Å². The fourth-order valence-electron chi connectivity index (χ4n) is 1.34. The summed E-state index contributed by atoms with van der Waals surface area (Å²) >= 11 is 0. The van der Waals surface area contributed by atoms with Crippen LogP contribution in [0.15, 0.2) is 18.2 Å². The summed E-state index contributed by atoms with van der Waals surface area (Å²) in [5.74, 6) is -0.787. The van der Waals surface area contributed by atoms with Crippen molar-refractivity contribution in [2.75, 3.05) is 19.1 Å². The van der Waals surface area contributed by atoms with Crippen molar-refractivity contribution in [3.8, 4) is 6.07 Å². The van der Waals surface area contributed by atoms with E-state index in [9.17, 15) is 9.59 Å². The van der Waals surface area contributed by atoms with Crippen LogP contribution >= 0.6 is 0 Å². The fraction of sp³-hybridized carbons (Fsp3) is 0.250. The third-order valence-corrected chi connectivity index (χ3v) is 2.36. The smallest absolute Gasteiger partial charge is 0.340 e. The van der Waals surface area contributed by atoms with Gasteiger partial charge in [0.1, 0.15) is 0 Å². The minimum absolute atomic E-state index is 0.198. The zero-order valence-corrected chi connectivity index (χ0v) is 9.85. The Morgan fingerprint density at radius 2 is 2.06 bits per heavy atom. The molecule has 1 rings (SSSR count). The first-order valence-electron chi connectivity index (χ1n) is 4.88. The standard InChI is InChI=1S/C12H12N2O3/c1-8(15)14(2)11-5-4-9(7-13)6-10(11)12(16)17-3/h4-6H,1-3H3. The van der Waals surface area contributed by atoms with E-state index in [1.807, 2.05) is 6.07 Å². The molecule has 0 atom stereocenters. The van der Waals surface area contributed by atoms with Gasteiger partial charge in [0.2, 0.25) is 5.91 Å². The minimum Gasteiger partial charge on any atom is -0.465 e. The Labute approximate surface area is 99.2 Å². The van der Waals surface area contributed by atoms with Gasteiger partial charge in [0.25, 0.3) is 0 Å². The normalized spacial score (nSPS) is 9.29. The van der Waals surface area contributed by atoms with E-state index in [-0.39, 0.29) is 11.5 Å². The number of anilines is 1. The second kappa shape index (κ2) is 5.12. The van der Waals surface area contributed by atoms with Gasteiger partial charge >= 0.3 is 5.97 Å². The summed E-state index contributed by atoms with van der Waals surface area (Å²) in [5, 5.41) is 8.77. The SMILES string of the molecule is COC(=O)c1cc(C#N)ccc1N(C)C(C)=O. The molecule has 0 aliphatic rings. The van der Waals surface area contributed by atoms with Crippen molar-refractivity contribution in [2.45, 2.75) is 6.92 Å². The highest BCUT2D eigenvalue weighted by Crippen LogP contribution is 2.22. The highest BCUT2D eigenvalue weighted by atomic mass is 16.5. The van der Waals surface area contributed by atoms with Gasteiger partial charge in [-0.15, -0.1) is 0 Å². The highest BCUT2D eigenvalue weighted by Gasteiger charge is 2.17. The van der Waals surface area contributed by atoms with Crippen LogP contribution in [0.4, 0.5) is 5.69 Å². The minimum atomic E-state index is -0.579. The molecule has 0 spiro atoms. The molecule has 0 aliphatic heterocycles. The lowest BCUT2D eigenvalue weighted by Gasteiger charge is -2.18. The van der Waals surface area contributed by atoms with Crippen molar-refractivity contribution >= 4 is 17.6 Å². The van der Waals surface area contributed by atoms with Crippen LogP contribution in [0.5, 0.6) is 0 Å². The Balaban J connectivity index is 3.35. The molecule has 17 heavy (non-hydrogen) atoms. The summed E-state index contributed by atoms with van der Waals surface area (Å²) in [5.41, 5.74) is 0.957. The number of nitriles is 1. The van der Waals surface area contributed by atoms with Gasteiger partial charge < -0.3 is 9.64 Å². The van der Waals surface area contributed by atoms with Crippen molar-refractivity contribution in [2.24, 2.45) is 0 Å². The van der Waals surface area contributed by atoms with E-state index in [2.05, 4.69) is 4.74 Å². The molecule has 0 saturated heterocycles. The number of hydrogen-bond acceptors (Lipinski definition) is 4. The maximum atomic E-state index is 11.6. The van der Waals surface area contributed by atoms with Gasteiger partial charge in [-0.05, 0) is 18.2 Å². The molecule has 0 aliphatic carbocycles. The van der Waals surface area contributed by atoms with Crippen LogP contribution in [0.3, 0.4) is 0 Å². The van der Waals surface area contributed by atoms with Crippen LogP contribution in [0.25, 0.3) is 0 Å². The van der Waals surface area contributed by atoms with Crippen LogP contribution in [0.1, 0.15) is 22.8 Å². The van der Waals surface area contributed by atoms with Crippen molar-refractivity contribution in [1.82, 2.24) is 0 Å². The second-order valence-electron chi connectivity index (χ2n) is 3.41. The molecule has 0 aromatic heterocycles. The summed E-state index contributed by atoms with van der Waals surface area (Å²) in [6, 6.07) is 6.42. The Morgan fingerprint density at radius 3 is 2.53 bits per heavy atom. The number of carbonyl (C=O) groups excluding carboxylic acids is 2. The van der Waals surface area contributed by atoms with Gasteiger partial charge in [-0.3, -0.25) is 4.79 Å². The largest absolute Gasteiger partial charge is 0.465 e. The van der Waals surface area contributed by atoms with E-state index < -0.39 is 5.97 Å². The first-order valence-corrected chi connectivity index (χ1v) is 4.88. The fourth-order valence-corrected chi connectivity index (χ4v) is 1.34. The first-order chi connectivity index (χ1) is 8.01. The lowest BCUT2D eigenvalue weighted by molar-refractivity contribution is -0.116. The van der Waals surface area contributed by atoms with Crippen molar-refractivity contribution in [3.05, 3.63) is 29.3 Å². The van der Waals surface area contributed by atoms with E-state index in [0.29, 0.717) is 11.3 Å². The van der Waals surface area contributed by atoms with E-state index in [4.69, 9.17) is 5.26 Å². The van der Waals surface area contributed by atoms with Crippen molar-refractivity contribution in [1.29, 1.82) is 5.26 Å². The van der Waals surface area contributed by atoms with Crippen LogP contribution < -0.4 is 4.90 Å². The molecule has 5 nitrogen and oxygen atoms in total. The zero-order valence-electron chi connectivity index (χ0n) is 9.85. The molecule has 0 heterocycles. The molecule has 1 aromatic rings. The Bertz CT molecular complexity index is 503. The summed E-state index contributed by atoms with van der Waals surface area (Å²) in [6.07, 6.45) is 0. The van der Waals surface area contributed by atoms with Crippen LogP contribution in [-0.4, -0.2) is 26.0 Å². The summed E-state index contributed by atoms with van der Waals surface area (Å²) in [6.45, 7) is 1.39. The Hall–Kier alpha value is -2.35. The molecule has 0 fully saturated rings. The number of carbonyl (C=O) groups is 2. The van der Waals surface area contributed by atoms with E-state index in [1.165, 1.54) is 25.0 Å². The summed E-state index contributed by atoms with van der Waals surface area (Å²) < 4.78 is 4.62. The summed E-state index contributed by atoms with van der Waals surface area (Å²) in [7, 11) is 2.80. The molecular weight excluding hydrogens is 220 g/mol. The maximum Gasteiger partial charge on any atom is 0.340 e.